The van der Waals surface area contributed by atoms with Crippen LogP contribution in [-0.2, 0) is 10.9 Å². The van der Waals surface area contributed by atoms with Gasteiger partial charge in [-0.05, 0) is 36.5 Å². The van der Waals surface area contributed by atoms with Crippen molar-refractivity contribution in [3.05, 3.63) is 29.3 Å². The fraction of sp³-hybridized carbons (Fsp3) is 0.500. The van der Waals surface area contributed by atoms with Crippen LogP contribution in [0.2, 0.25) is 0 Å². The first-order chi connectivity index (χ1) is 7.98. The van der Waals surface area contributed by atoms with Crippen molar-refractivity contribution in [1.82, 2.24) is 0 Å². The van der Waals surface area contributed by atoms with Crippen LogP contribution in [0.1, 0.15) is 29.9 Å². The van der Waals surface area contributed by atoms with Gasteiger partial charge in [0.05, 0.1) is 5.56 Å². The SMILES string of the molecule is Oc1ccc(C2CCOCC2)c(C(F)(F)F)c1. The minimum atomic E-state index is -4.42. The van der Waals surface area contributed by atoms with E-state index in [0.29, 0.717) is 26.1 Å². The van der Waals surface area contributed by atoms with E-state index in [4.69, 9.17) is 4.74 Å². The van der Waals surface area contributed by atoms with Gasteiger partial charge >= 0.3 is 6.18 Å². The largest absolute Gasteiger partial charge is 0.508 e. The lowest BCUT2D eigenvalue weighted by molar-refractivity contribution is -0.138. The Morgan fingerprint density at radius 2 is 1.82 bits per heavy atom. The van der Waals surface area contributed by atoms with E-state index < -0.39 is 11.7 Å². The summed E-state index contributed by atoms with van der Waals surface area (Å²) in [4.78, 5) is 0. The van der Waals surface area contributed by atoms with Gasteiger partial charge in [0.15, 0.2) is 0 Å². The predicted octanol–water partition coefficient (Wildman–Crippen LogP) is 3.31. The fourth-order valence-electron chi connectivity index (χ4n) is 2.15. The van der Waals surface area contributed by atoms with Crippen molar-refractivity contribution < 1.29 is 23.0 Å². The molecule has 1 fully saturated rings. The normalized spacial score (nSPS) is 18.3. The Bertz CT molecular complexity index is 395. The summed E-state index contributed by atoms with van der Waals surface area (Å²) in [6.45, 7) is 0.978. The summed E-state index contributed by atoms with van der Waals surface area (Å²) in [6.07, 6.45) is -3.24. The summed E-state index contributed by atoms with van der Waals surface area (Å²) in [5.41, 5.74) is -0.469. The maximum Gasteiger partial charge on any atom is 0.416 e. The van der Waals surface area contributed by atoms with Gasteiger partial charge in [0.25, 0.3) is 0 Å². The standard InChI is InChI=1S/C12H13F3O2/c13-12(14,15)11-7-9(16)1-2-10(11)8-3-5-17-6-4-8/h1-2,7-8,16H,3-6H2. The Morgan fingerprint density at radius 3 is 2.41 bits per heavy atom. The maximum absolute atomic E-state index is 12.8. The summed E-state index contributed by atoms with van der Waals surface area (Å²) in [5, 5.41) is 9.17. The second-order valence-corrected chi connectivity index (χ2v) is 4.16. The van der Waals surface area contributed by atoms with Crippen molar-refractivity contribution in [2.75, 3.05) is 13.2 Å². The van der Waals surface area contributed by atoms with Gasteiger partial charge in [-0.2, -0.15) is 13.2 Å². The van der Waals surface area contributed by atoms with Gasteiger partial charge in [-0.1, -0.05) is 6.07 Å². The Morgan fingerprint density at radius 1 is 1.18 bits per heavy atom. The van der Waals surface area contributed by atoms with Gasteiger partial charge in [0.1, 0.15) is 5.75 Å². The Balaban J connectivity index is 2.38. The lowest BCUT2D eigenvalue weighted by Crippen LogP contribution is -2.18. The molecule has 5 heteroatoms. The van der Waals surface area contributed by atoms with Crippen LogP contribution < -0.4 is 0 Å². The molecule has 94 valence electrons. The number of hydrogen-bond donors (Lipinski definition) is 1. The molecule has 1 aliphatic heterocycles. The third kappa shape index (κ3) is 2.72. The molecule has 17 heavy (non-hydrogen) atoms. The van der Waals surface area contributed by atoms with Crippen LogP contribution in [0, 0.1) is 0 Å². The van der Waals surface area contributed by atoms with E-state index in [1.807, 2.05) is 0 Å². The van der Waals surface area contributed by atoms with E-state index in [1.54, 1.807) is 0 Å². The quantitative estimate of drug-likeness (QED) is 0.823. The predicted molar refractivity (Wildman–Crippen MR) is 55.9 cm³/mol. The summed E-state index contributed by atoms with van der Waals surface area (Å²) in [7, 11) is 0. The monoisotopic (exact) mass is 246 g/mol. The summed E-state index contributed by atoms with van der Waals surface area (Å²) in [6, 6.07) is 3.47. The molecule has 1 aliphatic rings. The first-order valence-electron chi connectivity index (χ1n) is 5.46. The molecule has 0 aromatic heterocycles. The van der Waals surface area contributed by atoms with Crippen molar-refractivity contribution >= 4 is 0 Å². The van der Waals surface area contributed by atoms with E-state index in [9.17, 15) is 18.3 Å². The molecule has 0 bridgehead atoms. The zero-order chi connectivity index (χ0) is 12.5. The molecule has 1 heterocycles. The minimum Gasteiger partial charge on any atom is -0.508 e. The molecule has 2 rings (SSSR count). The number of benzene rings is 1. The van der Waals surface area contributed by atoms with Gasteiger partial charge in [-0.15, -0.1) is 0 Å². The molecule has 0 saturated carbocycles. The number of aromatic hydroxyl groups is 1. The average molecular weight is 246 g/mol. The van der Waals surface area contributed by atoms with Gasteiger partial charge in [0.2, 0.25) is 0 Å². The van der Waals surface area contributed by atoms with E-state index in [0.717, 1.165) is 6.07 Å². The molecule has 0 atom stereocenters. The zero-order valence-electron chi connectivity index (χ0n) is 9.13. The smallest absolute Gasteiger partial charge is 0.416 e. The van der Waals surface area contributed by atoms with E-state index in [2.05, 4.69) is 0 Å². The number of rotatable bonds is 1. The lowest BCUT2D eigenvalue weighted by Gasteiger charge is -2.25. The Hall–Kier alpha value is -1.23. The molecule has 1 aromatic carbocycles. The molecular formula is C12H13F3O2. The second-order valence-electron chi connectivity index (χ2n) is 4.16. The Labute approximate surface area is 97.0 Å². The van der Waals surface area contributed by atoms with Crippen LogP contribution in [0.3, 0.4) is 0 Å². The van der Waals surface area contributed by atoms with Crippen LogP contribution in [0.4, 0.5) is 13.2 Å². The first-order valence-corrected chi connectivity index (χ1v) is 5.46. The van der Waals surface area contributed by atoms with Crippen LogP contribution in [0.5, 0.6) is 5.75 Å². The number of ether oxygens (including phenoxy) is 1. The first kappa shape index (κ1) is 12.2. The van der Waals surface area contributed by atoms with Gasteiger partial charge in [-0.25, -0.2) is 0 Å². The number of halogens is 3. The van der Waals surface area contributed by atoms with Crippen LogP contribution >= 0.6 is 0 Å². The Kier molecular flexibility index (Phi) is 3.28. The zero-order valence-corrected chi connectivity index (χ0v) is 9.13. The second kappa shape index (κ2) is 4.56. The minimum absolute atomic E-state index is 0.138. The number of hydrogen-bond acceptors (Lipinski definition) is 2. The molecule has 1 saturated heterocycles. The number of phenols is 1. The fourth-order valence-corrected chi connectivity index (χ4v) is 2.15. The highest BCUT2D eigenvalue weighted by Crippen LogP contribution is 2.39. The summed E-state index contributed by atoms with van der Waals surface area (Å²) < 4.78 is 43.7. The van der Waals surface area contributed by atoms with Crippen LogP contribution in [-0.4, -0.2) is 18.3 Å². The molecule has 0 unspecified atom stereocenters. The topological polar surface area (TPSA) is 29.5 Å². The van der Waals surface area contributed by atoms with Gasteiger partial charge in [-0.3, -0.25) is 0 Å². The van der Waals surface area contributed by atoms with Crippen molar-refractivity contribution in [3.63, 3.8) is 0 Å². The van der Waals surface area contributed by atoms with Crippen LogP contribution in [0.25, 0.3) is 0 Å². The molecule has 0 radical (unpaired) electrons. The van der Waals surface area contributed by atoms with E-state index in [-0.39, 0.29) is 17.2 Å². The molecule has 2 nitrogen and oxygen atoms in total. The van der Waals surface area contributed by atoms with Crippen molar-refractivity contribution in [1.29, 1.82) is 0 Å². The highest BCUT2D eigenvalue weighted by molar-refractivity contribution is 5.39. The van der Waals surface area contributed by atoms with Crippen molar-refractivity contribution in [3.8, 4) is 5.75 Å². The van der Waals surface area contributed by atoms with E-state index in [1.165, 1.54) is 12.1 Å². The van der Waals surface area contributed by atoms with Crippen molar-refractivity contribution in [2.45, 2.75) is 24.9 Å². The summed E-state index contributed by atoms with van der Waals surface area (Å²) in [5.74, 6) is -0.492. The highest BCUT2D eigenvalue weighted by atomic mass is 19.4. The molecular weight excluding hydrogens is 233 g/mol. The third-order valence-corrected chi connectivity index (χ3v) is 3.00. The molecule has 1 aromatic rings. The molecule has 0 amide bonds. The van der Waals surface area contributed by atoms with Crippen LogP contribution in [0.15, 0.2) is 18.2 Å². The highest BCUT2D eigenvalue weighted by Gasteiger charge is 2.35. The van der Waals surface area contributed by atoms with Gasteiger partial charge < -0.3 is 9.84 Å². The van der Waals surface area contributed by atoms with E-state index >= 15 is 0 Å². The number of phenolic OH excluding ortho intramolecular Hbond substituents is 1. The maximum atomic E-state index is 12.8. The molecule has 0 spiro atoms. The lowest BCUT2D eigenvalue weighted by atomic mass is 9.88. The van der Waals surface area contributed by atoms with Crippen molar-refractivity contribution in [2.24, 2.45) is 0 Å². The molecule has 0 aliphatic carbocycles. The molecule has 1 N–H and O–H groups in total. The van der Waals surface area contributed by atoms with Gasteiger partial charge in [0, 0.05) is 13.2 Å². The summed E-state index contributed by atoms with van der Waals surface area (Å²) >= 11 is 0. The third-order valence-electron chi connectivity index (χ3n) is 3.00. The number of alkyl halides is 3. The average Bonchev–Trinajstić information content (AvgIpc) is 2.29.